The number of hydrogen-bond acceptors (Lipinski definition) is 4. The summed E-state index contributed by atoms with van der Waals surface area (Å²) in [5.41, 5.74) is 2.61. The van der Waals surface area contributed by atoms with Crippen molar-refractivity contribution in [3.05, 3.63) is 35.7 Å². The molecular weight excluding hydrogens is 230 g/mol. The number of aromatic hydroxyl groups is 2. The number of nitrogens with one attached hydrogen (secondary N) is 1. The number of benzene rings is 1. The fourth-order valence-corrected chi connectivity index (χ4v) is 1.75. The summed E-state index contributed by atoms with van der Waals surface area (Å²) in [5.74, 6) is 0.147. The highest BCUT2D eigenvalue weighted by Crippen LogP contribution is 2.23. The van der Waals surface area contributed by atoms with Crippen LogP contribution in [0.4, 0.5) is 5.69 Å². The van der Waals surface area contributed by atoms with Gasteiger partial charge in [-0.3, -0.25) is 4.68 Å². The summed E-state index contributed by atoms with van der Waals surface area (Å²) in [7, 11) is 0. The molecule has 96 valence electrons. The van der Waals surface area contributed by atoms with E-state index in [1.54, 1.807) is 12.1 Å². The van der Waals surface area contributed by atoms with Crippen molar-refractivity contribution < 1.29 is 10.2 Å². The van der Waals surface area contributed by atoms with E-state index in [1.807, 2.05) is 24.7 Å². The van der Waals surface area contributed by atoms with Gasteiger partial charge in [0.2, 0.25) is 0 Å². The minimum absolute atomic E-state index is 0.0613. The predicted molar refractivity (Wildman–Crippen MR) is 69.7 cm³/mol. The van der Waals surface area contributed by atoms with Crippen molar-refractivity contribution in [2.24, 2.45) is 0 Å². The average Bonchev–Trinajstić information content (AvgIpc) is 2.69. The molecule has 5 heteroatoms. The molecule has 0 radical (unpaired) electrons. The van der Waals surface area contributed by atoms with E-state index >= 15 is 0 Å². The van der Waals surface area contributed by atoms with Crippen LogP contribution in [0.2, 0.25) is 0 Å². The molecular formula is C13H17N3O2. The molecule has 0 aliphatic carbocycles. The molecule has 0 atom stereocenters. The molecule has 0 saturated heterocycles. The largest absolute Gasteiger partial charge is 0.508 e. The first kappa shape index (κ1) is 12.3. The maximum atomic E-state index is 9.67. The number of rotatable bonds is 4. The van der Waals surface area contributed by atoms with Gasteiger partial charge in [-0.1, -0.05) is 0 Å². The van der Waals surface area contributed by atoms with E-state index in [9.17, 15) is 10.2 Å². The molecule has 1 heterocycles. The smallest absolute Gasteiger partial charge is 0.124 e. The van der Waals surface area contributed by atoms with Crippen LogP contribution < -0.4 is 5.32 Å². The molecule has 0 aliphatic rings. The van der Waals surface area contributed by atoms with E-state index < -0.39 is 0 Å². The highest BCUT2D eigenvalue weighted by Gasteiger charge is 2.06. The Hall–Kier alpha value is -2.17. The Morgan fingerprint density at radius 3 is 2.72 bits per heavy atom. The van der Waals surface area contributed by atoms with Crippen molar-refractivity contribution in [3.63, 3.8) is 0 Å². The standard InChI is InChI=1S/C13H17N3O2/c1-3-16-8-12(9(2)15-16)14-7-10-4-5-11(17)6-13(10)18/h4-6,8,14,17-18H,3,7H2,1-2H3. The van der Waals surface area contributed by atoms with Gasteiger partial charge in [-0.15, -0.1) is 0 Å². The summed E-state index contributed by atoms with van der Waals surface area (Å²) in [5, 5.41) is 26.4. The van der Waals surface area contributed by atoms with Crippen LogP contribution in [0, 0.1) is 6.92 Å². The topological polar surface area (TPSA) is 70.3 Å². The van der Waals surface area contributed by atoms with E-state index in [4.69, 9.17) is 0 Å². The molecule has 0 bridgehead atoms. The van der Waals surface area contributed by atoms with Crippen LogP contribution in [0.1, 0.15) is 18.2 Å². The van der Waals surface area contributed by atoms with Crippen molar-refractivity contribution in [1.82, 2.24) is 9.78 Å². The second-order valence-electron chi connectivity index (χ2n) is 4.15. The molecule has 1 aromatic heterocycles. The third kappa shape index (κ3) is 2.56. The molecule has 0 spiro atoms. The number of aromatic nitrogens is 2. The quantitative estimate of drug-likeness (QED) is 0.775. The third-order valence-corrected chi connectivity index (χ3v) is 2.81. The van der Waals surface area contributed by atoms with Gasteiger partial charge in [0.25, 0.3) is 0 Å². The average molecular weight is 247 g/mol. The molecule has 2 rings (SSSR count). The lowest BCUT2D eigenvalue weighted by atomic mass is 10.2. The van der Waals surface area contributed by atoms with Crippen LogP contribution in [-0.2, 0) is 13.1 Å². The Morgan fingerprint density at radius 2 is 2.11 bits per heavy atom. The summed E-state index contributed by atoms with van der Waals surface area (Å²) < 4.78 is 1.86. The minimum atomic E-state index is 0.0613. The summed E-state index contributed by atoms with van der Waals surface area (Å²) in [6, 6.07) is 4.58. The van der Waals surface area contributed by atoms with Gasteiger partial charge in [0.05, 0.1) is 11.4 Å². The van der Waals surface area contributed by atoms with E-state index in [-0.39, 0.29) is 11.5 Å². The van der Waals surface area contributed by atoms with Gasteiger partial charge in [-0.05, 0) is 26.0 Å². The van der Waals surface area contributed by atoms with Crippen molar-refractivity contribution >= 4 is 5.69 Å². The summed E-state index contributed by atoms with van der Waals surface area (Å²) in [4.78, 5) is 0. The van der Waals surface area contributed by atoms with E-state index in [2.05, 4.69) is 10.4 Å². The van der Waals surface area contributed by atoms with Gasteiger partial charge >= 0.3 is 0 Å². The lowest BCUT2D eigenvalue weighted by Crippen LogP contribution is -1.99. The first-order valence-corrected chi connectivity index (χ1v) is 5.89. The summed E-state index contributed by atoms with van der Waals surface area (Å²) >= 11 is 0. The van der Waals surface area contributed by atoms with Crippen LogP contribution in [0.5, 0.6) is 11.5 Å². The maximum absolute atomic E-state index is 9.67. The van der Waals surface area contributed by atoms with Crippen molar-refractivity contribution in [2.75, 3.05) is 5.32 Å². The van der Waals surface area contributed by atoms with Gasteiger partial charge in [-0.25, -0.2) is 0 Å². The van der Waals surface area contributed by atoms with Crippen molar-refractivity contribution in [3.8, 4) is 11.5 Å². The zero-order valence-electron chi connectivity index (χ0n) is 10.5. The van der Waals surface area contributed by atoms with Crippen molar-refractivity contribution in [1.29, 1.82) is 0 Å². The molecule has 2 aromatic rings. The lowest BCUT2D eigenvalue weighted by Gasteiger charge is -2.07. The Morgan fingerprint density at radius 1 is 1.33 bits per heavy atom. The van der Waals surface area contributed by atoms with Gasteiger partial charge in [0.1, 0.15) is 11.5 Å². The first-order valence-electron chi connectivity index (χ1n) is 5.89. The van der Waals surface area contributed by atoms with Gasteiger partial charge in [0, 0.05) is 30.9 Å². The fourth-order valence-electron chi connectivity index (χ4n) is 1.75. The molecule has 0 amide bonds. The van der Waals surface area contributed by atoms with Gasteiger partial charge in [0.15, 0.2) is 0 Å². The number of anilines is 1. The van der Waals surface area contributed by atoms with Crippen LogP contribution >= 0.6 is 0 Å². The molecule has 3 N–H and O–H groups in total. The molecule has 0 unspecified atom stereocenters. The first-order chi connectivity index (χ1) is 8.60. The SMILES string of the molecule is CCn1cc(NCc2ccc(O)cc2O)c(C)n1. The lowest BCUT2D eigenvalue weighted by molar-refractivity contribution is 0.446. The number of hydrogen-bond donors (Lipinski definition) is 3. The zero-order valence-corrected chi connectivity index (χ0v) is 10.5. The Balaban J connectivity index is 2.08. The molecule has 0 saturated carbocycles. The Kier molecular flexibility index (Phi) is 3.41. The van der Waals surface area contributed by atoms with Gasteiger partial charge < -0.3 is 15.5 Å². The fraction of sp³-hybridized carbons (Fsp3) is 0.308. The number of aryl methyl sites for hydroxylation is 2. The predicted octanol–water partition coefficient (Wildman–Crippen LogP) is 2.23. The Bertz CT molecular complexity index is 549. The molecule has 18 heavy (non-hydrogen) atoms. The maximum Gasteiger partial charge on any atom is 0.124 e. The van der Waals surface area contributed by atoms with E-state index in [0.717, 1.165) is 23.5 Å². The van der Waals surface area contributed by atoms with Crippen LogP contribution in [-0.4, -0.2) is 20.0 Å². The van der Waals surface area contributed by atoms with Crippen molar-refractivity contribution in [2.45, 2.75) is 26.9 Å². The molecule has 1 aromatic carbocycles. The summed E-state index contributed by atoms with van der Waals surface area (Å²) in [6.07, 6.45) is 1.94. The summed E-state index contributed by atoms with van der Waals surface area (Å²) in [6.45, 7) is 5.28. The number of phenols is 2. The second-order valence-corrected chi connectivity index (χ2v) is 4.15. The van der Waals surface area contributed by atoms with Crippen LogP contribution in [0.3, 0.4) is 0 Å². The van der Waals surface area contributed by atoms with E-state index in [0.29, 0.717) is 6.54 Å². The molecule has 5 nitrogen and oxygen atoms in total. The number of phenolic OH excluding ortho intramolecular Hbond substituents is 2. The van der Waals surface area contributed by atoms with Crippen LogP contribution in [0.15, 0.2) is 24.4 Å². The van der Waals surface area contributed by atoms with Crippen LogP contribution in [0.25, 0.3) is 0 Å². The molecule has 0 fully saturated rings. The van der Waals surface area contributed by atoms with E-state index in [1.165, 1.54) is 6.07 Å². The second kappa shape index (κ2) is 5.00. The molecule has 0 aliphatic heterocycles. The normalized spacial score (nSPS) is 10.6. The highest BCUT2D eigenvalue weighted by molar-refractivity contribution is 5.48. The Labute approximate surface area is 106 Å². The minimum Gasteiger partial charge on any atom is -0.508 e. The highest BCUT2D eigenvalue weighted by atomic mass is 16.3. The van der Waals surface area contributed by atoms with Gasteiger partial charge in [-0.2, -0.15) is 5.10 Å². The zero-order chi connectivity index (χ0) is 13.1. The third-order valence-electron chi connectivity index (χ3n) is 2.81. The monoisotopic (exact) mass is 247 g/mol. The number of nitrogens with zero attached hydrogens (tertiary/aromatic N) is 2.